The number of amides is 1. The zero-order chi connectivity index (χ0) is 19.1. The summed E-state index contributed by atoms with van der Waals surface area (Å²) in [4.78, 5) is 25.4. The number of rotatable bonds is 5. The SMILES string of the molecule is CCNC(=NCc1ccccn1)N1CCN(Cc2ccc(Cl)cc2)C(=O)C1.I. The number of benzene rings is 1. The Kier molecular flexibility index (Phi) is 8.98. The van der Waals surface area contributed by atoms with Crippen molar-refractivity contribution in [1.82, 2.24) is 20.1 Å². The standard InChI is InChI=1S/C20H24ClN5O.HI/c1-2-22-20(24-13-18-5-3-4-10-23-18)26-12-11-25(19(27)15-26)14-16-6-8-17(21)9-7-16;/h3-10H,2,11-15H2,1H3,(H,22,24);1H. The van der Waals surface area contributed by atoms with E-state index in [1.807, 2.05) is 59.2 Å². The van der Waals surface area contributed by atoms with Crippen LogP contribution in [-0.4, -0.2) is 52.8 Å². The smallest absolute Gasteiger partial charge is 0.242 e. The fourth-order valence-corrected chi connectivity index (χ4v) is 3.07. The minimum Gasteiger partial charge on any atom is -0.356 e. The van der Waals surface area contributed by atoms with E-state index in [-0.39, 0.29) is 29.9 Å². The average Bonchev–Trinajstić information content (AvgIpc) is 2.69. The molecule has 1 aliphatic rings. The van der Waals surface area contributed by atoms with Gasteiger partial charge in [-0.1, -0.05) is 29.8 Å². The first-order valence-corrected chi connectivity index (χ1v) is 9.49. The van der Waals surface area contributed by atoms with Crippen LogP contribution in [0.2, 0.25) is 5.02 Å². The number of halogens is 2. The van der Waals surface area contributed by atoms with Gasteiger partial charge in [0, 0.05) is 37.4 Å². The van der Waals surface area contributed by atoms with Crippen molar-refractivity contribution < 1.29 is 4.79 Å². The minimum atomic E-state index is 0. The number of aromatic nitrogens is 1. The summed E-state index contributed by atoms with van der Waals surface area (Å²) in [7, 11) is 0. The summed E-state index contributed by atoms with van der Waals surface area (Å²) in [6.07, 6.45) is 1.76. The fourth-order valence-electron chi connectivity index (χ4n) is 2.94. The second kappa shape index (κ2) is 11.2. The first-order valence-electron chi connectivity index (χ1n) is 9.11. The van der Waals surface area contributed by atoms with Gasteiger partial charge in [-0.25, -0.2) is 4.99 Å². The van der Waals surface area contributed by atoms with Crippen LogP contribution in [0.15, 0.2) is 53.7 Å². The topological polar surface area (TPSA) is 60.8 Å². The van der Waals surface area contributed by atoms with Gasteiger partial charge in [0.05, 0.1) is 18.8 Å². The molecule has 0 saturated carbocycles. The maximum Gasteiger partial charge on any atom is 0.242 e. The van der Waals surface area contributed by atoms with Crippen LogP contribution in [-0.2, 0) is 17.9 Å². The van der Waals surface area contributed by atoms with Gasteiger partial charge in [-0.3, -0.25) is 9.78 Å². The first-order chi connectivity index (χ1) is 13.2. The molecule has 2 aromatic rings. The van der Waals surface area contributed by atoms with Crippen LogP contribution in [0, 0.1) is 0 Å². The van der Waals surface area contributed by atoms with E-state index < -0.39 is 0 Å². The molecule has 1 aromatic heterocycles. The molecule has 1 N–H and O–H groups in total. The lowest BCUT2D eigenvalue weighted by atomic mass is 10.2. The predicted molar refractivity (Wildman–Crippen MR) is 123 cm³/mol. The van der Waals surface area contributed by atoms with Gasteiger partial charge in [-0.15, -0.1) is 24.0 Å². The number of nitrogens with zero attached hydrogens (tertiary/aromatic N) is 4. The lowest BCUT2D eigenvalue weighted by Crippen LogP contribution is -2.54. The maximum atomic E-state index is 12.6. The molecule has 0 unspecified atom stereocenters. The molecule has 0 bridgehead atoms. The van der Waals surface area contributed by atoms with Gasteiger partial charge in [0.15, 0.2) is 5.96 Å². The molecular weight excluding hydrogens is 489 g/mol. The Balaban J connectivity index is 0.00000280. The van der Waals surface area contributed by atoms with Crippen LogP contribution in [0.1, 0.15) is 18.2 Å². The number of aliphatic imine (C=N–C) groups is 1. The molecule has 28 heavy (non-hydrogen) atoms. The molecule has 1 saturated heterocycles. The summed E-state index contributed by atoms with van der Waals surface area (Å²) in [5.41, 5.74) is 1.98. The monoisotopic (exact) mass is 513 g/mol. The van der Waals surface area contributed by atoms with Crippen molar-refractivity contribution in [3.8, 4) is 0 Å². The molecule has 1 fully saturated rings. The lowest BCUT2D eigenvalue weighted by molar-refractivity contribution is -0.135. The third kappa shape index (κ3) is 6.34. The number of hydrogen-bond acceptors (Lipinski definition) is 3. The van der Waals surface area contributed by atoms with Gasteiger partial charge in [-0.05, 0) is 36.8 Å². The molecule has 3 rings (SSSR count). The Morgan fingerprint density at radius 3 is 2.64 bits per heavy atom. The van der Waals surface area contributed by atoms with Crippen LogP contribution in [0.5, 0.6) is 0 Å². The van der Waals surface area contributed by atoms with E-state index in [1.54, 1.807) is 6.20 Å². The number of carbonyl (C=O) groups excluding carboxylic acids is 1. The van der Waals surface area contributed by atoms with Crippen molar-refractivity contribution in [2.75, 3.05) is 26.2 Å². The summed E-state index contributed by atoms with van der Waals surface area (Å²) >= 11 is 5.93. The molecule has 6 nitrogen and oxygen atoms in total. The Morgan fingerprint density at radius 2 is 2.00 bits per heavy atom. The second-order valence-electron chi connectivity index (χ2n) is 6.35. The number of nitrogens with one attached hydrogen (secondary N) is 1. The van der Waals surface area contributed by atoms with Crippen LogP contribution >= 0.6 is 35.6 Å². The lowest BCUT2D eigenvalue weighted by Gasteiger charge is -2.36. The molecule has 2 heterocycles. The van der Waals surface area contributed by atoms with E-state index in [4.69, 9.17) is 11.6 Å². The highest BCUT2D eigenvalue weighted by molar-refractivity contribution is 14.0. The van der Waals surface area contributed by atoms with Crippen molar-refractivity contribution in [2.24, 2.45) is 4.99 Å². The van der Waals surface area contributed by atoms with Gasteiger partial charge in [0.2, 0.25) is 5.91 Å². The number of carbonyl (C=O) groups is 1. The number of pyridine rings is 1. The minimum absolute atomic E-state index is 0. The fraction of sp³-hybridized carbons (Fsp3) is 0.350. The van der Waals surface area contributed by atoms with Gasteiger partial charge < -0.3 is 15.1 Å². The number of hydrogen-bond donors (Lipinski definition) is 1. The molecule has 0 spiro atoms. The Hall–Kier alpha value is -1.87. The zero-order valence-corrected chi connectivity index (χ0v) is 18.9. The van der Waals surface area contributed by atoms with E-state index in [0.29, 0.717) is 31.2 Å². The second-order valence-corrected chi connectivity index (χ2v) is 6.79. The van der Waals surface area contributed by atoms with Gasteiger partial charge in [-0.2, -0.15) is 0 Å². The van der Waals surface area contributed by atoms with E-state index in [2.05, 4.69) is 15.3 Å². The molecule has 0 aliphatic carbocycles. The largest absolute Gasteiger partial charge is 0.356 e. The molecule has 1 aromatic carbocycles. The van der Waals surface area contributed by atoms with E-state index >= 15 is 0 Å². The zero-order valence-electron chi connectivity index (χ0n) is 15.8. The molecule has 1 amide bonds. The molecule has 0 atom stereocenters. The summed E-state index contributed by atoms with van der Waals surface area (Å²) < 4.78 is 0. The third-order valence-electron chi connectivity index (χ3n) is 4.36. The first kappa shape index (κ1) is 22.4. The van der Waals surface area contributed by atoms with Crippen molar-refractivity contribution >= 4 is 47.4 Å². The summed E-state index contributed by atoms with van der Waals surface area (Å²) in [6, 6.07) is 13.4. The normalized spacial score (nSPS) is 14.6. The van der Waals surface area contributed by atoms with Gasteiger partial charge >= 0.3 is 0 Å². The summed E-state index contributed by atoms with van der Waals surface area (Å²) in [5, 5.41) is 3.98. The van der Waals surface area contributed by atoms with Gasteiger partial charge in [0.1, 0.15) is 0 Å². The van der Waals surface area contributed by atoms with Crippen molar-refractivity contribution in [3.63, 3.8) is 0 Å². The molecule has 1 aliphatic heterocycles. The highest BCUT2D eigenvalue weighted by Gasteiger charge is 2.25. The van der Waals surface area contributed by atoms with Crippen LogP contribution in [0.3, 0.4) is 0 Å². The van der Waals surface area contributed by atoms with Crippen molar-refractivity contribution in [3.05, 3.63) is 64.9 Å². The van der Waals surface area contributed by atoms with Crippen molar-refractivity contribution in [2.45, 2.75) is 20.0 Å². The predicted octanol–water partition coefficient (Wildman–Crippen LogP) is 3.16. The quantitative estimate of drug-likeness (QED) is 0.379. The number of guanidine groups is 1. The summed E-state index contributed by atoms with van der Waals surface area (Å²) in [5.74, 6) is 0.849. The van der Waals surface area contributed by atoms with Crippen LogP contribution in [0.4, 0.5) is 0 Å². The highest BCUT2D eigenvalue weighted by Crippen LogP contribution is 2.14. The molecular formula is C20H25ClIN5O. The molecule has 8 heteroatoms. The Bertz CT molecular complexity index is 785. The highest BCUT2D eigenvalue weighted by atomic mass is 127. The summed E-state index contributed by atoms with van der Waals surface area (Å²) in [6.45, 7) is 5.59. The van der Waals surface area contributed by atoms with E-state index in [1.165, 1.54) is 0 Å². The van der Waals surface area contributed by atoms with Crippen LogP contribution < -0.4 is 5.32 Å². The van der Waals surface area contributed by atoms with Crippen molar-refractivity contribution in [1.29, 1.82) is 0 Å². The molecule has 0 radical (unpaired) electrons. The van der Waals surface area contributed by atoms with E-state index in [9.17, 15) is 4.79 Å². The molecule has 150 valence electrons. The van der Waals surface area contributed by atoms with Crippen LogP contribution in [0.25, 0.3) is 0 Å². The van der Waals surface area contributed by atoms with Gasteiger partial charge in [0.25, 0.3) is 0 Å². The average molecular weight is 514 g/mol. The maximum absolute atomic E-state index is 12.6. The van der Waals surface area contributed by atoms with E-state index in [0.717, 1.165) is 30.3 Å². The Labute approximate surface area is 188 Å². The Morgan fingerprint density at radius 1 is 1.21 bits per heavy atom. The number of piperazine rings is 1. The third-order valence-corrected chi connectivity index (χ3v) is 4.61.